The van der Waals surface area contributed by atoms with E-state index in [2.05, 4.69) is 10.5 Å². The summed E-state index contributed by atoms with van der Waals surface area (Å²) in [7, 11) is 0. The first-order valence-electron chi connectivity index (χ1n) is 4.63. The van der Waals surface area contributed by atoms with Crippen LogP contribution in [0.15, 0.2) is 29.4 Å². The lowest BCUT2D eigenvalue weighted by atomic mass is 10.0. The number of hydrazone groups is 1. The van der Waals surface area contributed by atoms with Crippen LogP contribution in [-0.4, -0.2) is 11.7 Å². The summed E-state index contributed by atoms with van der Waals surface area (Å²) in [4.78, 5) is 0. The Bertz CT molecular complexity index is 457. The molecule has 1 rings (SSSR count). The molecule has 0 unspecified atom stereocenters. The molecule has 0 aliphatic carbocycles. The van der Waals surface area contributed by atoms with Gasteiger partial charge in [-0.15, -0.1) is 12.4 Å². The van der Waals surface area contributed by atoms with Gasteiger partial charge in [0.2, 0.25) is 5.96 Å². The summed E-state index contributed by atoms with van der Waals surface area (Å²) in [6.07, 6.45) is -4.44. The van der Waals surface area contributed by atoms with E-state index in [4.69, 9.17) is 11.1 Å². The molecule has 0 bridgehead atoms. The molecule has 18 heavy (non-hydrogen) atoms. The van der Waals surface area contributed by atoms with Crippen LogP contribution in [-0.2, 0) is 6.18 Å². The smallest absolute Gasteiger partial charge is 0.369 e. The van der Waals surface area contributed by atoms with Gasteiger partial charge in [0.25, 0.3) is 0 Å². The molecule has 100 valence electrons. The Hall–Kier alpha value is -1.76. The number of halogens is 4. The van der Waals surface area contributed by atoms with Crippen molar-refractivity contribution in [2.75, 3.05) is 0 Å². The van der Waals surface area contributed by atoms with E-state index in [0.717, 1.165) is 6.07 Å². The van der Waals surface area contributed by atoms with Crippen molar-refractivity contribution in [3.05, 3.63) is 35.4 Å². The summed E-state index contributed by atoms with van der Waals surface area (Å²) in [6, 6.07) is 5.07. The highest BCUT2D eigenvalue weighted by molar-refractivity contribution is 6.00. The fourth-order valence-corrected chi connectivity index (χ4v) is 1.25. The third kappa shape index (κ3) is 4.25. The summed E-state index contributed by atoms with van der Waals surface area (Å²) in [6.45, 7) is 1.40. The van der Waals surface area contributed by atoms with Gasteiger partial charge in [0.1, 0.15) is 0 Å². The molecule has 0 spiro atoms. The molecule has 0 aliphatic heterocycles. The van der Waals surface area contributed by atoms with Crippen LogP contribution in [0.4, 0.5) is 13.2 Å². The molecular weight excluding hydrogens is 269 g/mol. The summed E-state index contributed by atoms with van der Waals surface area (Å²) in [5.74, 6) is -0.436. The van der Waals surface area contributed by atoms with Gasteiger partial charge in [-0.3, -0.25) is 5.41 Å². The highest BCUT2D eigenvalue weighted by Crippen LogP contribution is 2.31. The van der Waals surface area contributed by atoms with Gasteiger partial charge in [-0.1, -0.05) is 18.2 Å². The van der Waals surface area contributed by atoms with Gasteiger partial charge in [-0.05, 0) is 13.0 Å². The van der Waals surface area contributed by atoms with Crippen LogP contribution >= 0.6 is 12.4 Å². The number of benzene rings is 1. The Balaban J connectivity index is 0.00000289. The molecule has 1 aromatic carbocycles. The van der Waals surface area contributed by atoms with Crippen molar-refractivity contribution in [1.82, 2.24) is 5.43 Å². The summed E-state index contributed by atoms with van der Waals surface area (Å²) in [5, 5.41) is 10.4. The first kappa shape index (κ1) is 16.2. The number of rotatable bonds is 2. The van der Waals surface area contributed by atoms with Gasteiger partial charge in [-0.2, -0.15) is 18.3 Å². The Kier molecular flexibility index (Phi) is 5.64. The fraction of sp³-hybridized carbons (Fsp3) is 0.200. The van der Waals surface area contributed by atoms with Crippen molar-refractivity contribution in [3.8, 4) is 0 Å². The fourth-order valence-electron chi connectivity index (χ4n) is 1.25. The first-order valence-corrected chi connectivity index (χ1v) is 4.63. The number of guanidine groups is 1. The largest absolute Gasteiger partial charge is 0.417 e. The molecule has 1 aromatic rings. The zero-order valence-corrected chi connectivity index (χ0v) is 10.2. The quantitative estimate of drug-likeness (QED) is 0.442. The van der Waals surface area contributed by atoms with Gasteiger partial charge >= 0.3 is 6.18 Å². The van der Waals surface area contributed by atoms with Crippen molar-refractivity contribution < 1.29 is 13.2 Å². The van der Waals surface area contributed by atoms with Gasteiger partial charge in [0.05, 0.1) is 11.3 Å². The van der Waals surface area contributed by atoms with Gasteiger partial charge < -0.3 is 5.73 Å². The van der Waals surface area contributed by atoms with Crippen molar-refractivity contribution in [1.29, 1.82) is 5.41 Å². The summed E-state index contributed by atoms with van der Waals surface area (Å²) >= 11 is 0. The zero-order valence-electron chi connectivity index (χ0n) is 9.38. The lowest BCUT2D eigenvalue weighted by molar-refractivity contribution is -0.137. The molecule has 0 saturated carbocycles. The average Bonchev–Trinajstić information content (AvgIpc) is 2.24. The van der Waals surface area contributed by atoms with Crippen molar-refractivity contribution in [2.45, 2.75) is 13.1 Å². The van der Waals surface area contributed by atoms with E-state index in [-0.39, 0.29) is 23.7 Å². The van der Waals surface area contributed by atoms with Gasteiger partial charge in [0.15, 0.2) is 0 Å². The first-order chi connectivity index (χ1) is 7.82. The lowest BCUT2D eigenvalue weighted by Gasteiger charge is -2.12. The molecule has 4 nitrogen and oxygen atoms in total. The zero-order chi connectivity index (χ0) is 13.1. The van der Waals surface area contributed by atoms with E-state index < -0.39 is 17.7 Å². The molecule has 0 amide bonds. The second-order valence-corrected chi connectivity index (χ2v) is 3.27. The molecule has 0 saturated heterocycles. The molecule has 8 heteroatoms. The van der Waals surface area contributed by atoms with Crippen LogP contribution < -0.4 is 11.2 Å². The lowest BCUT2D eigenvalue weighted by Crippen LogP contribution is -2.26. The average molecular weight is 281 g/mol. The van der Waals surface area contributed by atoms with E-state index in [1.54, 1.807) is 0 Å². The number of hydrogen-bond donors (Lipinski definition) is 3. The van der Waals surface area contributed by atoms with Crippen LogP contribution in [0.25, 0.3) is 0 Å². The van der Waals surface area contributed by atoms with E-state index in [1.807, 2.05) is 0 Å². The van der Waals surface area contributed by atoms with Crippen molar-refractivity contribution >= 4 is 24.1 Å². The number of alkyl halides is 3. The third-order valence-electron chi connectivity index (χ3n) is 1.97. The predicted molar refractivity (Wildman–Crippen MR) is 66.0 cm³/mol. The molecule has 0 atom stereocenters. The number of nitrogens with one attached hydrogen (secondary N) is 2. The second kappa shape index (κ2) is 6.25. The standard InChI is InChI=1S/C10H11F3N4.ClH/c1-6(16-17-9(14)15)7-4-2-3-5-8(7)10(11,12)13;/h2-5H,1H3,(H4,14,15,17);1H. The van der Waals surface area contributed by atoms with E-state index in [0.29, 0.717) is 0 Å². The molecule has 4 N–H and O–H groups in total. The van der Waals surface area contributed by atoms with E-state index >= 15 is 0 Å². The maximum Gasteiger partial charge on any atom is 0.417 e. The molecule has 0 aliphatic rings. The molecular formula is C10H12ClF3N4. The van der Waals surface area contributed by atoms with Crippen LogP contribution in [0.1, 0.15) is 18.1 Å². The normalized spacial score (nSPS) is 11.7. The Morgan fingerprint density at radius 1 is 1.33 bits per heavy atom. The summed E-state index contributed by atoms with van der Waals surface area (Å²) in [5.41, 5.74) is 6.38. The topological polar surface area (TPSA) is 74.3 Å². The Labute approximate surface area is 108 Å². The maximum absolute atomic E-state index is 12.7. The van der Waals surface area contributed by atoms with Crippen LogP contribution in [0, 0.1) is 5.41 Å². The van der Waals surface area contributed by atoms with Crippen LogP contribution in [0.2, 0.25) is 0 Å². The minimum Gasteiger partial charge on any atom is -0.369 e. The molecule has 0 aromatic heterocycles. The van der Waals surface area contributed by atoms with Crippen molar-refractivity contribution in [3.63, 3.8) is 0 Å². The third-order valence-corrected chi connectivity index (χ3v) is 1.97. The highest BCUT2D eigenvalue weighted by Gasteiger charge is 2.33. The minimum absolute atomic E-state index is 0. The number of nitrogens with two attached hydrogens (primary N) is 1. The maximum atomic E-state index is 12.7. The minimum atomic E-state index is -4.44. The Morgan fingerprint density at radius 3 is 2.39 bits per heavy atom. The summed E-state index contributed by atoms with van der Waals surface area (Å²) < 4.78 is 38.0. The SMILES string of the molecule is CC(=NNC(=N)N)c1ccccc1C(F)(F)F.Cl. The van der Waals surface area contributed by atoms with Crippen LogP contribution in [0.5, 0.6) is 0 Å². The molecule has 0 heterocycles. The Morgan fingerprint density at radius 2 is 1.89 bits per heavy atom. The van der Waals surface area contributed by atoms with Crippen molar-refractivity contribution in [2.24, 2.45) is 10.8 Å². The van der Waals surface area contributed by atoms with Crippen LogP contribution in [0.3, 0.4) is 0 Å². The van der Waals surface area contributed by atoms with Gasteiger partial charge in [0, 0.05) is 5.56 Å². The monoisotopic (exact) mass is 280 g/mol. The molecule has 0 radical (unpaired) electrons. The van der Waals surface area contributed by atoms with E-state index in [9.17, 15) is 13.2 Å². The van der Waals surface area contributed by atoms with Gasteiger partial charge in [-0.25, -0.2) is 5.43 Å². The second-order valence-electron chi connectivity index (χ2n) is 3.27. The highest BCUT2D eigenvalue weighted by atomic mass is 35.5. The van der Waals surface area contributed by atoms with E-state index in [1.165, 1.54) is 25.1 Å². The number of hydrogen-bond acceptors (Lipinski definition) is 2. The predicted octanol–water partition coefficient (Wildman–Crippen LogP) is 2.33. The molecule has 0 fully saturated rings. The number of nitrogens with zero attached hydrogens (tertiary/aromatic N) is 1.